The van der Waals surface area contributed by atoms with Gasteiger partial charge in [0.05, 0.1) is 0 Å². The van der Waals surface area contributed by atoms with Crippen molar-refractivity contribution in [1.29, 1.82) is 0 Å². The Labute approximate surface area is 97.5 Å². The van der Waals surface area contributed by atoms with Crippen molar-refractivity contribution >= 4 is 0 Å². The first-order chi connectivity index (χ1) is 7.66. The summed E-state index contributed by atoms with van der Waals surface area (Å²) in [5.41, 5.74) is 0. The van der Waals surface area contributed by atoms with Gasteiger partial charge in [0.1, 0.15) is 11.6 Å². The zero-order valence-electron chi connectivity index (χ0n) is 10.5. The Kier molecular flexibility index (Phi) is 3.59. The quantitative estimate of drug-likeness (QED) is 0.819. The molecule has 0 aliphatic carbocycles. The molecule has 1 fully saturated rings. The molecule has 0 atom stereocenters. The van der Waals surface area contributed by atoms with E-state index in [1.54, 1.807) is 0 Å². The molecule has 0 saturated carbocycles. The van der Waals surface area contributed by atoms with E-state index >= 15 is 0 Å². The number of hydrogen-bond acceptors (Lipinski definition) is 3. The van der Waals surface area contributed by atoms with Gasteiger partial charge in [-0.15, -0.1) is 10.2 Å². The molecule has 1 saturated heterocycles. The van der Waals surface area contributed by atoms with Crippen LogP contribution in [0.25, 0.3) is 0 Å². The second-order valence-corrected chi connectivity index (χ2v) is 5.23. The molecule has 16 heavy (non-hydrogen) atoms. The van der Waals surface area contributed by atoms with Gasteiger partial charge in [0.2, 0.25) is 0 Å². The molecule has 1 aromatic heterocycles. The molecule has 0 radical (unpaired) electrons. The van der Waals surface area contributed by atoms with Gasteiger partial charge in [0, 0.05) is 13.0 Å². The van der Waals surface area contributed by atoms with Crippen molar-refractivity contribution in [3.8, 4) is 0 Å². The highest BCUT2D eigenvalue weighted by atomic mass is 15.3. The lowest BCUT2D eigenvalue weighted by Crippen LogP contribution is -2.43. The molecular formula is C12H22N4. The van der Waals surface area contributed by atoms with Gasteiger partial charge in [-0.05, 0) is 38.3 Å². The molecule has 1 aliphatic rings. The molecule has 2 rings (SSSR count). The number of hydrogen-bond donors (Lipinski definition) is 1. The zero-order chi connectivity index (χ0) is 11.5. The number of nitrogens with one attached hydrogen (secondary N) is 1. The normalized spacial score (nSPS) is 16.8. The van der Waals surface area contributed by atoms with Crippen molar-refractivity contribution in [3.63, 3.8) is 0 Å². The summed E-state index contributed by atoms with van der Waals surface area (Å²) in [5, 5.41) is 11.8. The van der Waals surface area contributed by atoms with Crippen molar-refractivity contribution in [3.05, 3.63) is 11.6 Å². The van der Waals surface area contributed by atoms with Gasteiger partial charge < -0.3 is 9.88 Å². The molecule has 4 heteroatoms. The Morgan fingerprint density at radius 2 is 2.12 bits per heavy atom. The minimum Gasteiger partial charge on any atom is -0.316 e. The van der Waals surface area contributed by atoms with E-state index in [4.69, 9.17) is 0 Å². The van der Waals surface area contributed by atoms with Crippen LogP contribution in [-0.4, -0.2) is 27.9 Å². The fraction of sp³-hybridized carbons (Fsp3) is 0.833. The first-order valence-electron chi connectivity index (χ1n) is 6.26. The van der Waals surface area contributed by atoms with Crippen molar-refractivity contribution in [1.82, 2.24) is 20.1 Å². The SMILES string of the molecule is Cc1nnc(CC2CNC2)n1CCC(C)C. The summed E-state index contributed by atoms with van der Waals surface area (Å²) < 4.78 is 2.29. The van der Waals surface area contributed by atoms with Crippen molar-refractivity contribution in [2.24, 2.45) is 11.8 Å². The average Bonchev–Trinajstić information content (AvgIpc) is 2.50. The molecule has 1 N–H and O–H groups in total. The van der Waals surface area contributed by atoms with Crippen LogP contribution < -0.4 is 5.32 Å². The minimum atomic E-state index is 0.736. The Morgan fingerprint density at radius 1 is 1.38 bits per heavy atom. The highest BCUT2D eigenvalue weighted by molar-refractivity contribution is 4.97. The molecule has 1 aliphatic heterocycles. The predicted octanol–water partition coefficient (Wildman–Crippen LogP) is 1.39. The monoisotopic (exact) mass is 222 g/mol. The summed E-state index contributed by atoms with van der Waals surface area (Å²) in [6.45, 7) is 9.90. The van der Waals surface area contributed by atoms with Crippen LogP contribution in [0.1, 0.15) is 31.9 Å². The van der Waals surface area contributed by atoms with Crippen LogP contribution in [0.2, 0.25) is 0 Å². The second kappa shape index (κ2) is 4.95. The summed E-state index contributed by atoms with van der Waals surface area (Å²) in [7, 11) is 0. The third kappa shape index (κ3) is 2.61. The molecular weight excluding hydrogens is 200 g/mol. The highest BCUT2D eigenvalue weighted by Crippen LogP contribution is 2.13. The predicted molar refractivity (Wildman–Crippen MR) is 64.3 cm³/mol. The number of aryl methyl sites for hydroxylation is 1. The summed E-state index contributed by atoms with van der Waals surface area (Å²) in [6.07, 6.45) is 2.28. The van der Waals surface area contributed by atoms with Crippen LogP contribution in [-0.2, 0) is 13.0 Å². The summed E-state index contributed by atoms with van der Waals surface area (Å²) in [6, 6.07) is 0. The summed E-state index contributed by atoms with van der Waals surface area (Å²) in [4.78, 5) is 0. The molecule has 90 valence electrons. The van der Waals surface area contributed by atoms with E-state index in [0.29, 0.717) is 0 Å². The lowest BCUT2D eigenvalue weighted by atomic mass is 9.99. The van der Waals surface area contributed by atoms with Gasteiger partial charge in [0.25, 0.3) is 0 Å². The van der Waals surface area contributed by atoms with Crippen LogP contribution in [0.4, 0.5) is 0 Å². The van der Waals surface area contributed by atoms with E-state index in [2.05, 4.69) is 40.9 Å². The Bertz CT molecular complexity index is 339. The van der Waals surface area contributed by atoms with Crippen LogP contribution in [0, 0.1) is 18.8 Å². The molecule has 0 unspecified atom stereocenters. The molecule has 0 spiro atoms. The van der Waals surface area contributed by atoms with E-state index < -0.39 is 0 Å². The maximum atomic E-state index is 4.30. The van der Waals surface area contributed by atoms with E-state index in [1.807, 2.05) is 0 Å². The van der Waals surface area contributed by atoms with Gasteiger partial charge in [-0.25, -0.2) is 0 Å². The van der Waals surface area contributed by atoms with Crippen LogP contribution in [0.3, 0.4) is 0 Å². The topological polar surface area (TPSA) is 42.7 Å². The maximum absolute atomic E-state index is 4.30. The second-order valence-electron chi connectivity index (χ2n) is 5.23. The largest absolute Gasteiger partial charge is 0.316 e. The van der Waals surface area contributed by atoms with Gasteiger partial charge >= 0.3 is 0 Å². The van der Waals surface area contributed by atoms with Gasteiger partial charge in [0.15, 0.2) is 0 Å². The molecule has 1 aromatic rings. The lowest BCUT2D eigenvalue weighted by molar-refractivity contribution is 0.335. The fourth-order valence-corrected chi connectivity index (χ4v) is 2.00. The average molecular weight is 222 g/mol. The van der Waals surface area contributed by atoms with Crippen LogP contribution in [0.15, 0.2) is 0 Å². The smallest absolute Gasteiger partial charge is 0.133 e. The molecule has 0 bridgehead atoms. The molecule has 0 amide bonds. The number of aromatic nitrogens is 3. The standard InChI is InChI=1S/C12H22N4/c1-9(2)4-5-16-10(3)14-15-12(16)6-11-7-13-8-11/h9,11,13H,4-8H2,1-3H3. The van der Waals surface area contributed by atoms with E-state index in [-0.39, 0.29) is 0 Å². The molecule has 0 aromatic carbocycles. The van der Waals surface area contributed by atoms with Crippen molar-refractivity contribution < 1.29 is 0 Å². The molecule has 4 nitrogen and oxygen atoms in total. The number of nitrogens with zero attached hydrogens (tertiary/aromatic N) is 3. The third-order valence-corrected chi connectivity index (χ3v) is 3.28. The van der Waals surface area contributed by atoms with E-state index in [9.17, 15) is 0 Å². The Balaban J connectivity index is 1.99. The molecule has 2 heterocycles. The van der Waals surface area contributed by atoms with Crippen molar-refractivity contribution in [2.75, 3.05) is 13.1 Å². The van der Waals surface area contributed by atoms with Gasteiger partial charge in [-0.1, -0.05) is 13.8 Å². The number of rotatable bonds is 5. The summed E-state index contributed by atoms with van der Waals surface area (Å²) in [5.74, 6) is 3.73. The lowest BCUT2D eigenvalue weighted by Gasteiger charge is -2.26. The van der Waals surface area contributed by atoms with E-state index in [0.717, 1.165) is 43.7 Å². The Morgan fingerprint density at radius 3 is 2.69 bits per heavy atom. The minimum absolute atomic E-state index is 0.736. The Hall–Kier alpha value is -0.900. The summed E-state index contributed by atoms with van der Waals surface area (Å²) >= 11 is 0. The van der Waals surface area contributed by atoms with Gasteiger partial charge in [-0.2, -0.15) is 0 Å². The first kappa shape index (κ1) is 11.6. The van der Waals surface area contributed by atoms with Crippen LogP contribution in [0.5, 0.6) is 0 Å². The van der Waals surface area contributed by atoms with Gasteiger partial charge in [-0.3, -0.25) is 0 Å². The van der Waals surface area contributed by atoms with E-state index in [1.165, 1.54) is 12.2 Å². The third-order valence-electron chi connectivity index (χ3n) is 3.28. The highest BCUT2D eigenvalue weighted by Gasteiger charge is 2.20. The maximum Gasteiger partial charge on any atom is 0.133 e. The zero-order valence-corrected chi connectivity index (χ0v) is 10.5. The van der Waals surface area contributed by atoms with Crippen molar-refractivity contribution in [2.45, 2.75) is 40.2 Å². The fourth-order valence-electron chi connectivity index (χ4n) is 2.00. The van der Waals surface area contributed by atoms with Crippen LogP contribution >= 0.6 is 0 Å². The first-order valence-corrected chi connectivity index (χ1v) is 6.26.